The van der Waals surface area contributed by atoms with Gasteiger partial charge in [-0.15, -0.1) is 24.0 Å². The van der Waals surface area contributed by atoms with Crippen LogP contribution in [0.25, 0.3) is 0 Å². The van der Waals surface area contributed by atoms with E-state index in [1.807, 2.05) is 0 Å². The Morgan fingerprint density at radius 1 is 1.22 bits per heavy atom. The molecule has 0 saturated heterocycles. The first-order valence-corrected chi connectivity index (χ1v) is 8.91. The van der Waals surface area contributed by atoms with Crippen LogP contribution in [0.1, 0.15) is 46.0 Å². The van der Waals surface area contributed by atoms with E-state index < -0.39 is 0 Å². The molecule has 0 aromatic rings. The molecule has 6 heteroatoms. The summed E-state index contributed by atoms with van der Waals surface area (Å²) in [5.74, 6) is 2.24. The highest BCUT2D eigenvalue weighted by Crippen LogP contribution is 2.34. The Morgan fingerprint density at radius 2 is 1.91 bits per heavy atom. The zero-order valence-corrected chi connectivity index (χ0v) is 17.7. The highest BCUT2D eigenvalue weighted by Gasteiger charge is 2.32. The lowest BCUT2D eigenvalue weighted by Gasteiger charge is -2.25. The zero-order valence-electron chi connectivity index (χ0n) is 15.3. The van der Waals surface area contributed by atoms with Gasteiger partial charge in [-0.1, -0.05) is 13.3 Å². The van der Waals surface area contributed by atoms with Gasteiger partial charge in [-0.05, 0) is 58.5 Å². The molecule has 23 heavy (non-hydrogen) atoms. The molecule has 0 aliphatic heterocycles. The second-order valence-electron chi connectivity index (χ2n) is 6.64. The summed E-state index contributed by atoms with van der Waals surface area (Å²) in [6.45, 7) is 7.16. The Kier molecular flexibility index (Phi) is 13.2. The van der Waals surface area contributed by atoms with Crippen molar-refractivity contribution in [3.63, 3.8) is 0 Å². The Bertz CT molecular complexity index is 314. The molecule has 2 atom stereocenters. The van der Waals surface area contributed by atoms with Crippen molar-refractivity contribution in [2.45, 2.75) is 52.0 Å². The average Bonchev–Trinajstić information content (AvgIpc) is 3.29. The first kappa shape index (κ1) is 22.9. The van der Waals surface area contributed by atoms with Gasteiger partial charge in [-0.3, -0.25) is 4.99 Å². The minimum atomic E-state index is 0. The summed E-state index contributed by atoms with van der Waals surface area (Å²) in [6, 6.07) is 0.590. The number of nitrogens with one attached hydrogen (secondary N) is 2. The van der Waals surface area contributed by atoms with E-state index in [0.717, 1.165) is 50.8 Å². The largest absolute Gasteiger partial charge is 0.396 e. The predicted octanol–water partition coefficient (Wildman–Crippen LogP) is 2.30. The van der Waals surface area contributed by atoms with Gasteiger partial charge in [0.25, 0.3) is 0 Å². The van der Waals surface area contributed by atoms with Crippen molar-refractivity contribution in [1.29, 1.82) is 0 Å². The number of hydrogen-bond donors (Lipinski definition) is 3. The van der Waals surface area contributed by atoms with E-state index in [0.29, 0.717) is 12.0 Å². The third kappa shape index (κ3) is 9.72. The van der Waals surface area contributed by atoms with Crippen LogP contribution in [-0.4, -0.2) is 62.3 Å². The van der Waals surface area contributed by atoms with Crippen molar-refractivity contribution in [2.75, 3.05) is 40.3 Å². The van der Waals surface area contributed by atoms with Crippen molar-refractivity contribution < 1.29 is 5.11 Å². The summed E-state index contributed by atoms with van der Waals surface area (Å²) >= 11 is 0. The molecule has 1 fully saturated rings. The van der Waals surface area contributed by atoms with E-state index in [1.54, 1.807) is 0 Å². The van der Waals surface area contributed by atoms with Crippen LogP contribution in [-0.2, 0) is 0 Å². The van der Waals surface area contributed by atoms with E-state index in [9.17, 15) is 0 Å². The summed E-state index contributed by atoms with van der Waals surface area (Å²) in [4.78, 5) is 7.05. The molecule has 0 heterocycles. The van der Waals surface area contributed by atoms with Crippen molar-refractivity contribution in [2.24, 2.45) is 16.8 Å². The summed E-state index contributed by atoms with van der Waals surface area (Å²) in [6.07, 6.45) is 5.83. The average molecular weight is 440 g/mol. The standard InChI is InChI=1S/C17H36N4O.HI/c1-5-7-14(10-11-22)12-19-17(18-6-2)20-13-16(21(3)4)15-8-9-15;/h14-16,22H,5-13H2,1-4H3,(H2,18,19,20);1H. The van der Waals surface area contributed by atoms with Gasteiger partial charge >= 0.3 is 0 Å². The molecule has 5 nitrogen and oxygen atoms in total. The second-order valence-corrected chi connectivity index (χ2v) is 6.64. The highest BCUT2D eigenvalue weighted by molar-refractivity contribution is 14.0. The fourth-order valence-corrected chi connectivity index (χ4v) is 2.93. The van der Waals surface area contributed by atoms with Crippen LogP contribution in [0, 0.1) is 11.8 Å². The molecule has 2 unspecified atom stereocenters. The summed E-state index contributed by atoms with van der Waals surface area (Å²) in [7, 11) is 4.32. The molecule has 1 rings (SSSR count). The van der Waals surface area contributed by atoms with Gasteiger partial charge in [-0.25, -0.2) is 0 Å². The first-order chi connectivity index (χ1) is 10.6. The number of rotatable bonds is 11. The molecule has 1 saturated carbocycles. The fourth-order valence-electron chi connectivity index (χ4n) is 2.93. The maximum atomic E-state index is 9.15. The predicted molar refractivity (Wildman–Crippen MR) is 110 cm³/mol. The SMILES string of the molecule is CCCC(CCO)CN=C(NCC)NCC(C1CC1)N(C)C.I. The van der Waals surface area contributed by atoms with Crippen molar-refractivity contribution in [3.05, 3.63) is 0 Å². The lowest BCUT2D eigenvalue weighted by atomic mass is 10.0. The summed E-state index contributed by atoms with van der Waals surface area (Å²) in [5.41, 5.74) is 0. The maximum absolute atomic E-state index is 9.15. The summed E-state index contributed by atoms with van der Waals surface area (Å²) < 4.78 is 0. The number of halogens is 1. The Hall–Kier alpha value is -0.0800. The number of aliphatic imine (C=N–C) groups is 1. The monoisotopic (exact) mass is 440 g/mol. The Labute approximate surface area is 159 Å². The van der Waals surface area contributed by atoms with E-state index in [1.165, 1.54) is 12.8 Å². The van der Waals surface area contributed by atoms with E-state index in [2.05, 4.69) is 43.5 Å². The van der Waals surface area contributed by atoms with Crippen LogP contribution in [0.3, 0.4) is 0 Å². The first-order valence-electron chi connectivity index (χ1n) is 8.91. The van der Waals surface area contributed by atoms with Crippen LogP contribution >= 0.6 is 24.0 Å². The third-order valence-electron chi connectivity index (χ3n) is 4.39. The molecule has 0 aromatic carbocycles. The van der Waals surface area contributed by atoms with Gasteiger partial charge in [0.2, 0.25) is 0 Å². The molecule has 3 N–H and O–H groups in total. The molecular formula is C17H37IN4O. The molecule has 1 aliphatic rings. The normalized spacial score (nSPS) is 17.6. The van der Waals surface area contributed by atoms with Crippen molar-refractivity contribution in [1.82, 2.24) is 15.5 Å². The van der Waals surface area contributed by atoms with Crippen LogP contribution in [0.2, 0.25) is 0 Å². The van der Waals surface area contributed by atoms with Gasteiger partial charge in [0.1, 0.15) is 0 Å². The minimum absolute atomic E-state index is 0. The van der Waals surface area contributed by atoms with Gasteiger partial charge in [0.05, 0.1) is 0 Å². The fraction of sp³-hybridized carbons (Fsp3) is 0.941. The maximum Gasteiger partial charge on any atom is 0.191 e. The number of hydrogen-bond acceptors (Lipinski definition) is 3. The quantitative estimate of drug-likeness (QED) is 0.262. The molecule has 0 amide bonds. The molecule has 0 radical (unpaired) electrons. The number of aliphatic hydroxyl groups excluding tert-OH is 1. The van der Waals surface area contributed by atoms with E-state index >= 15 is 0 Å². The van der Waals surface area contributed by atoms with E-state index in [4.69, 9.17) is 10.1 Å². The lowest BCUT2D eigenvalue weighted by molar-refractivity contribution is 0.253. The minimum Gasteiger partial charge on any atom is -0.396 e. The van der Waals surface area contributed by atoms with Crippen molar-refractivity contribution >= 4 is 29.9 Å². The number of aliphatic hydroxyl groups is 1. The third-order valence-corrected chi connectivity index (χ3v) is 4.39. The molecular weight excluding hydrogens is 403 g/mol. The molecule has 0 aromatic heterocycles. The number of nitrogens with zero attached hydrogens (tertiary/aromatic N) is 2. The number of likely N-dealkylation sites (N-methyl/N-ethyl adjacent to an activating group) is 1. The van der Waals surface area contributed by atoms with Gasteiger partial charge < -0.3 is 20.6 Å². The van der Waals surface area contributed by atoms with Crippen LogP contribution in [0.15, 0.2) is 4.99 Å². The van der Waals surface area contributed by atoms with Crippen LogP contribution in [0.5, 0.6) is 0 Å². The van der Waals surface area contributed by atoms with E-state index in [-0.39, 0.29) is 30.6 Å². The van der Waals surface area contributed by atoms with Gasteiger partial charge in [-0.2, -0.15) is 0 Å². The molecule has 138 valence electrons. The molecule has 1 aliphatic carbocycles. The zero-order chi connectivity index (χ0) is 16.4. The Morgan fingerprint density at radius 3 is 2.39 bits per heavy atom. The molecule has 0 bridgehead atoms. The summed E-state index contributed by atoms with van der Waals surface area (Å²) in [5, 5.41) is 16.0. The number of guanidine groups is 1. The van der Waals surface area contributed by atoms with Gasteiger partial charge in [0.15, 0.2) is 5.96 Å². The van der Waals surface area contributed by atoms with Crippen LogP contribution in [0.4, 0.5) is 0 Å². The van der Waals surface area contributed by atoms with Gasteiger partial charge in [0, 0.05) is 32.3 Å². The van der Waals surface area contributed by atoms with Crippen LogP contribution < -0.4 is 10.6 Å². The smallest absolute Gasteiger partial charge is 0.191 e. The van der Waals surface area contributed by atoms with Crippen molar-refractivity contribution in [3.8, 4) is 0 Å². The lowest BCUT2D eigenvalue weighted by Crippen LogP contribution is -2.46. The topological polar surface area (TPSA) is 59.9 Å². The highest BCUT2D eigenvalue weighted by atomic mass is 127. The molecule has 0 spiro atoms. The second kappa shape index (κ2) is 13.2. The Balaban J connectivity index is 0.00000484.